The predicted octanol–water partition coefficient (Wildman–Crippen LogP) is 14.0. The van der Waals surface area contributed by atoms with E-state index >= 15 is 0 Å². The number of phenols is 1. The van der Waals surface area contributed by atoms with Gasteiger partial charge in [-0.15, -0.1) is 24.0 Å². The molecule has 0 bridgehead atoms. The van der Waals surface area contributed by atoms with Crippen molar-refractivity contribution >= 4 is 82.5 Å². The Morgan fingerprint density at radius 2 is 0.795 bits per heavy atom. The molecule has 0 unspecified atom stereocenters. The lowest BCUT2D eigenvalue weighted by Crippen LogP contribution is -2.41. The molecule has 78 heavy (non-hydrogen) atoms. The minimum absolute atomic E-state index is 0. The number of nitrogens with zero attached hydrogens (tertiary/aromatic N) is 3. The number of alkyl halides is 1. The van der Waals surface area contributed by atoms with Crippen LogP contribution in [0.3, 0.4) is 0 Å². The summed E-state index contributed by atoms with van der Waals surface area (Å²) in [5.74, 6) is -0.308. The molecule has 448 valence electrons. The molecule has 0 spiro atoms. The summed E-state index contributed by atoms with van der Waals surface area (Å²) in [5, 5.41) is 8.65. The zero-order valence-electron chi connectivity index (χ0n) is 48.6. The summed E-state index contributed by atoms with van der Waals surface area (Å²) in [7, 11) is -1.51. The van der Waals surface area contributed by atoms with Crippen LogP contribution in [0.2, 0.25) is 0 Å². The van der Waals surface area contributed by atoms with Crippen LogP contribution in [0.5, 0.6) is 17.2 Å². The number of hydrogen-bond acceptors (Lipinski definition) is 12. The number of rotatable bonds is 18. The van der Waals surface area contributed by atoms with Crippen molar-refractivity contribution in [2.75, 3.05) is 78.0 Å². The number of ether oxygens (including phenoxy) is 2. The number of likely N-dealkylation sites (N-methyl/N-ethyl adjacent to an activating group) is 2. The molecular weight excluding hydrogens is 1180 g/mol. The number of phenolic OH excluding ortho intramolecular Hbond substituents is 1. The normalized spacial score (nSPS) is 17.7. The van der Waals surface area contributed by atoms with Gasteiger partial charge >= 0.3 is 21.1 Å². The van der Waals surface area contributed by atoms with E-state index in [-0.39, 0.29) is 72.8 Å². The molecule has 6 rings (SSSR count). The fourth-order valence-corrected chi connectivity index (χ4v) is 8.05. The van der Waals surface area contributed by atoms with E-state index in [0.29, 0.717) is 28.9 Å². The molecule has 3 aliphatic rings. The fourth-order valence-electron chi connectivity index (χ4n) is 7.14. The Hall–Kier alpha value is -1.78. The van der Waals surface area contributed by atoms with Gasteiger partial charge in [0.05, 0.1) is 33.6 Å². The van der Waals surface area contributed by atoms with Crippen molar-refractivity contribution < 1.29 is 55.7 Å². The maximum Gasteiger partial charge on any atom is 0.494 e. The molecule has 0 atom stereocenters. The van der Waals surface area contributed by atoms with E-state index in [1.165, 1.54) is 24.3 Å². The average Bonchev–Trinajstić information content (AvgIpc) is 3.81. The summed E-state index contributed by atoms with van der Waals surface area (Å²) in [4.78, 5) is 6.76. The molecular formula is C56H97B3Br2Cl2F3N3O9. The van der Waals surface area contributed by atoms with Crippen LogP contribution in [0.1, 0.15) is 139 Å². The third-order valence-corrected chi connectivity index (χ3v) is 15.6. The molecule has 3 aliphatic heterocycles. The molecule has 0 aromatic heterocycles. The second-order valence-corrected chi connectivity index (χ2v) is 23.4. The Labute approximate surface area is 499 Å². The lowest BCUT2D eigenvalue weighted by Gasteiger charge is -2.32. The number of hydrogen-bond donors (Lipinski definition) is 1. The SMILES string of the molecule is C.C.CC1(C)OB(B2OC(C)(C)C(C)(C)O2)OC1(C)C.CCN(CC)CCCl.CCN(CC)CCOc1ccc(B2OC(C)(C)C(C)(C)O2)cc1F.CCN(CC)CCOc1ccc(Br)cc1F.Cl.Oc1ccc(Br)cc1F. The largest absolute Gasteiger partial charge is 0.505 e. The van der Waals surface area contributed by atoms with Gasteiger partial charge in [-0.1, -0.05) is 94.3 Å². The third-order valence-electron chi connectivity index (χ3n) is 14.5. The van der Waals surface area contributed by atoms with Gasteiger partial charge in [0.1, 0.15) is 13.2 Å². The van der Waals surface area contributed by atoms with Gasteiger partial charge in [-0.25, -0.2) is 13.2 Å². The molecule has 22 heteroatoms. The van der Waals surface area contributed by atoms with Gasteiger partial charge in [0.15, 0.2) is 34.7 Å². The van der Waals surface area contributed by atoms with Crippen LogP contribution >= 0.6 is 55.9 Å². The van der Waals surface area contributed by atoms with Crippen molar-refractivity contribution in [2.24, 2.45) is 0 Å². The molecule has 0 saturated carbocycles. The summed E-state index contributed by atoms with van der Waals surface area (Å²) in [5.41, 5.74) is -1.65. The predicted molar refractivity (Wildman–Crippen MR) is 330 cm³/mol. The summed E-state index contributed by atoms with van der Waals surface area (Å²) in [6.07, 6.45) is 0. The molecule has 0 radical (unpaired) electrons. The molecule has 3 heterocycles. The highest BCUT2D eigenvalue weighted by molar-refractivity contribution is 9.10. The topological polar surface area (TPSA) is 104 Å². The zero-order chi connectivity index (χ0) is 57.2. The van der Waals surface area contributed by atoms with Gasteiger partial charge in [-0.3, -0.25) is 0 Å². The molecule has 0 aliphatic carbocycles. The van der Waals surface area contributed by atoms with Gasteiger partial charge < -0.3 is 57.2 Å². The molecule has 12 nitrogen and oxygen atoms in total. The van der Waals surface area contributed by atoms with Gasteiger partial charge in [-0.2, -0.15) is 0 Å². The first-order valence-corrected chi connectivity index (χ1v) is 28.4. The maximum absolute atomic E-state index is 14.3. The highest BCUT2D eigenvalue weighted by atomic mass is 79.9. The first-order chi connectivity index (χ1) is 34.8. The Kier molecular flexibility index (Phi) is 35.5. The Balaban J connectivity index is 0. The summed E-state index contributed by atoms with van der Waals surface area (Å²) in [6, 6.07) is 13.8. The first kappa shape index (κ1) is 78.3. The van der Waals surface area contributed by atoms with Crippen molar-refractivity contribution in [3.05, 3.63) is 81.0 Å². The number of halogens is 7. The monoisotopic (exact) mass is 1270 g/mol. The van der Waals surface area contributed by atoms with E-state index in [0.717, 1.165) is 69.3 Å². The molecule has 3 aromatic rings. The standard InChI is InChI=1S/C18H29BFNO3.C12H24B2O4.C12H17BrFNO.C6H4BrFO.C6H14ClN.2CH4.ClH/c1-7-21(8-2)11-12-22-16-10-9-14(13-15(16)20)19-23-17(3,4)18(5,6)24-19;1-9(2)10(3,4)16-13(15-9)14-17-11(5,6)12(7,8)18-14;1-3-15(4-2)7-8-16-12-6-5-10(13)9-11(12)14;7-4-1-2-6(9)5(8)3-4;1-3-8(4-2)6-5-7;;;/h9-10,13H,7-8,11-12H2,1-6H3;1-8H3;5-6,9H,3-4,7-8H2,1-2H3;1-3,9H;3-6H2,1-2H3;2*1H4;1H. The summed E-state index contributed by atoms with van der Waals surface area (Å²) in [6.45, 7) is 46.6. The molecule has 3 aromatic carbocycles. The Morgan fingerprint density at radius 3 is 1.09 bits per heavy atom. The van der Waals surface area contributed by atoms with Crippen molar-refractivity contribution in [1.82, 2.24) is 14.7 Å². The lowest BCUT2D eigenvalue weighted by molar-refractivity contribution is 0.00578. The third kappa shape index (κ3) is 23.8. The van der Waals surface area contributed by atoms with Crippen molar-refractivity contribution in [3.63, 3.8) is 0 Å². The van der Waals surface area contributed by atoms with E-state index in [4.69, 9.17) is 54.1 Å². The van der Waals surface area contributed by atoms with Crippen molar-refractivity contribution in [2.45, 2.75) is 173 Å². The van der Waals surface area contributed by atoms with Crippen LogP contribution in [-0.4, -0.2) is 153 Å². The van der Waals surface area contributed by atoms with Crippen LogP contribution in [0.25, 0.3) is 0 Å². The van der Waals surface area contributed by atoms with Crippen LogP contribution in [0, 0.1) is 17.5 Å². The average molecular weight is 1280 g/mol. The molecule has 1 N–H and O–H groups in total. The second kappa shape index (κ2) is 35.4. The highest BCUT2D eigenvalue weighted by Crippen LogP contribution is 2.43. The minimum atomic E-state index is -0.607. The van der Waals surface area contributed by atoms with Crippen molar-refractivity contribution in [1.29, 1.82) is 0 Å². The quantitative estimate of drug-likeness (QED) is 0.0969. The van der Waals surface area contributed by atoms with E-state index in [9.17, 15) is 13.2 Å². The van der Waals surface area contributed by atoms with Gasteiger partial charge in [0, 0.05) is 34.5 Å². The maximum atomic E-state index is 14.3. The highest BCUT2D eigenvalue weighted by Gasteiger charge is 2.63. The smallest absolute Gasteiger partial charge is 0.494 e. The van der Waals surface area contributed by atoms with Gasteiger partial charge in [-0.05, 0) is 176 Å². The number of benzene rings is 3. The fraction of sp³-hybridized carbons (Fsp3) is 0.679. The van der Waals surface area contributed by atoms with Crippen molar-refractivity contribution in [3.8, 4) is 17.2 Å². The van der Waals surface area contributed by atoms with Gasteiger partial charge in [0.25, 0.3) is 0 Å². The van der Waals surface area contributed by atoms with Gasteiger partial charge in [0.2, 0.25) is 0 Å². The van der Waals surface area contributed by atoms with E-state index in [1.54, 1.807) is 30.3 Å². The Morgan fingerprint density at radius 1 is 0.487 bits per heavy atom. The summed E-state index contributed by atoms with van der Waals surface area (Å²) >= 11 is 11.8. The number of aromatic hydroxyl groups is 1. The second-order valence-electron chi connectivity index (χ2n) is 21.2. The first-order valence-electron chi connectivity index (χ1n) is 26.2. The zero-order valence-corrected chi connectivity index (χ0v) is 53.4. The molecule has 0 amide bonds. The Bertz CT molecular complexity index is 2080. The van der Waals surface area contributed by atoms with E-state index in [1.807, 2.05) is 83.1 Å². The molecule has 3 fully saturated rings. The van der Waals surface area contributed by atoms with E-state index in [2.05, 4.69) is 88.1 Å². The minimum Gasteiger partial charge on any atom is -0.505 e. The van der Waals surface area contributed by atoms with Crippen LogP contribution in [0.4, 0.5) is 13.2 Å². The van der Waals surface area contributed by atoms with Crippen LogP contribution < -0.4 is 14.9 Å². The van der Waals surface area contributed by atoms with Crippen LogP contribution in [0.15, 0.2) is 63.5 Å². The lowest BCUT2D eigenvalue weighted by atomic mass is 9.49. The van der Waals surface area contributed by atoms with Crippen LogP contribution in [-0.2, 0) is 27.9 Å². The molecule has 3 saturated heterocycles. The van der Waals surface area contributed by atoms with E-state index < -0.39 is 38.2 Å². The summed E-state index contributed by atoms with van der Waals surface area (Å²) < 4.78 is 88.1.